The van der Waals surface area contributed by atoms with E-state index in [0.717, 1.165) is 11.3 Å². The first-order chi connectivity index (χ1) is 12.4. The Morgan fingerprint density at radius 3 is 2.73 bits per heavy atom. The number of furan rings is 1. The molecule has 3 rings (SSSR count). The average molecular weight is 357 g/mol. The van der Waals surface area contributed by atoms with Crippen molar-refractivity contribution in [1.82, 2.24) is 5.32 Å². The Kier molecular flexibility index (Phi) is 5.30. The van der Waals surface area contributed by atoms with Gasteiger partial charge in [0.15, 0.2) is 5.76 Å². The number of aryl methyl sites for hydroxylation is 2. The van der Waals surface area contributed by atoms with Crippen LogP contribution in [0.15, 0.2) is 34.7 Å². The lowest BCUT2D eigenvalue weighted by molar-refractivity contribution is -0.141. The van der Waals surface area contributed by atoms with Crippen molar-refractivity contribution in [2.75, 3.05) is 0 Å². The van der Waals surface area contributed by atoms with Gasteiger partial charge in [-0.25, -0.2) is 0 Å². The molecular formula is C20H23NO5. The predicted octanol–water partition coefficient (Wildman–Crippen LogP) is 3.46. The molecule has 26 heavy (non-hydrogen) atoms. The summed E-state index contributed by atoms with van der Waals surface area (Å²) >= 11 is 0. The Hall–Kier alpha value is -2.76. The Labute approximate surface area is 152 Å². The topological polar surface area (TPSA) is 88.8 Å². The van der Waals surface area contributed by atoms with Crippen LogP contribution in [-0.2, 0) is 11.4 Å². The molecule has 1 fully saturated rings. The second-order valence-electron chi connectivity index (χ2n) is 6.84. The van der Waals surface area contributed by atoms with E-state index in [4.69, 9.17) is 14.3 Å². The highest BCUT2D eigenvalue weighted by molar-refractivity contribution is 5.91. The van der Waals surface area contributed by atoms with Crippen molar-refractivity contribution < 1.29 is 23.8 Å². The minimum absolute atomic E-state index is 0.122. The van der Waals surface area contributed by atoms with Gasteiger partial charge < -0.3 is 19.6 Å². The second kappa shape index (κ2) is 7.64. The number of aliphatic carboxylic acids is 1. The van der Waals surface area contributed by atoms with Gasteiger partial charge in [-0.15, -0.1) is 0 Å². The highest BCUT2D eigenvalue weighted by atomic mass is 16.5. The molecule has 138 valence electrons. The van der Waals surface area contributed by atoms with E-state index in [9.17, 15) is 9.59 Å². The molecule has 6 heteroatoms. The number of carboxylic acid groups (broad SMARTS) is 1. The highest BCUT2D eigenvalue weighted by Gasteiger charge is 2.31. The Bertz CT molecular complexity index is 810. The van der Waals surface area contributed by atoms with Crippen molar-refractivity contribution in [3.05, 3.63) is 53.0 Å². The van der Waals surface area contributed by atoms with E-state index in [2.05, 4.69) is 5.32 Å². The molecule has 1 aromatic heterocycles. The molecule has 0 bridgehead atoms. The number of benzene rings is 1. The number of carboxylic acids is 1. The lowest BCUT2D eigenvalue weighted by atomic mass is 10.1. The largest absolute Gasteiger partial charge is 0.485 e. The molecule has 2 aromatic rings. The summed E-state index contributed by atoms with van der Waals surface area (Å²) in [7, 11) is 0. The van der Waals surface area contributed by atoms with Crippen LogP contribution in [0.4, 0.5) is 0 Å². The standard InChI is InChI=1S/C20H23NO5/c1-12-3-7-17(13(2)9-12)25-11-16-6-8-18(26-16)19(22)21-15-5-4-14(10-15)20(23)24/h3,6-9,14-15H,4-5,10-11H2,1-2H3,(H,21,22)(H,23,24)/t14-,15+/m1/s1. The zero-order chi connectivity index (χ0) is 18.7. The number of ether oxygens (including phenoxy) is 1. The van der Waals surface area contributed by atoms with Gasteiger partial charge in [-0.3, -0.25) is 9.59 Å². The molecule has 1 aromatic carbocycles. The Morgan fingerprint density at radius 1 is 1.23 bits per heavy atom. The first kappa shape index (κ1) is 18.0. The number of nitrogens with one attached hydrogen (secondary N) is 1. The summed E-state index contributed by atoms with van der Waals surface area (Å²) in [5, 5.41) is 11.9. The third-order valence-electron chi connectivity index (χ3n) is 4.70. The second-order valence-corrected chi connectivity index (χ2v) is 6.84. The Morgan fingerprint density at radius 2 is 2.04 bits per heavy atom. The van der Waals surface area contributed by atoms with Crippen LogP contribution in [0.1, 0.15) is 46.7 Å². The summed E-state index contributed by atoms with van der Waals surface area (Å²) in [5.41, 5.74) is 2.22. The van der Waals surface area contributed by atoms with Crippen LogP contribution in [0.3, 0.4) is 0 Å². The predicted molar refractivity (Wildman–Crippen MR) is 95.2 cm³/mol. The summed E-state index contributed by atoms with van der Waals surface area (Å²) in [4.78, 5) is 23.3. The van der Waals surface area contributed by atoms with Gasteiger partial charge in [-0.2, -0.15) is 0 Å². The summed E-state index contributed by atoms with van der Waals surface area (Å²) in [6.45, 7) is 4.24. The van der Waals surface area contributed by atoms with E-state index in [1.165, 1.54) is 5.56 Å². The van der Waals surface area contributed by atoms with Gasteiger partial charge in [-0.1, -0.05) is 17.7 Å². The molecule has 2 atom stereocenters. The minimum atomic E-state index is -0.800. The lowest BCUT2D eigenvalue weighted by Gasteiger charge is -2.11. The molecule has 1 aliphatic rings. The van der Waals surface area contributed by atoms with Crippen LogP contribution in [-0.4, -0.2) is 23.0 Å². The van der Waals surface area contributed by atoms with E-state index in [-0.39, 0.29) is 30.2 Å². The first-order valence-electron chi connectivity index (χ1n) is 8.75. The summed E-state index contributed by atoms with van der Waals surface area (Å²) in [5.74, 6) is 0.0552. The van der Waals surface area contributed by atoms with Gasteiger partial charge in [0.25, 0.3) is 5.91 Å². The SMILES string of the molecule is Cc1ccc(OCc2ccc(C(=O)N[C@H]3CC[C@@H](C(=O)O)C3)o2)c(C)c1. The molecule has 1 amide bonds. The fraction of sp³-hybridized carbons (Fsp3) is 0.400. The van der Waals surface area contributed by atoms with Crippen LogP contribution < -0.4 is 10.1 Å². The number of rotatable bonds is 6. The number of carbonyl (C=O) groups is 2. The van der Waals surface area contributed by atoms with Gasteiger partial charge in [0, 0.05) is 6.04 Å². The van der Waals surface area contributed by atoms with Crippen molar-refractivity contribution in [3.63, 3.8) is 0 Å². The van der Waals surface area contributed by atoms with Crippen molar-refractivity contribution in [3.8, 4) is 5.75 Å². The first-order valence-corrected chi connectivity index (χ1v) is 8.75. The van der Waals surface area contributed by atoms with Crippen molar-refractivity contribution >= 4 is 11.9 Å². The zero-order valence-corrected chi connectivity index (χ0v) is 15.0. The normalized spacial score (nSPS) is 19.3. The van der Waals surface area contributed by atoms with Crippen molar-refractivity contribution in [1.29, 1.82) is 0 Å². The summed E-state index contributed by atoms with van der Waals surface area (Å²) in [6, 6.07) is 9.15. The van der Waals surface area contributed by atoms with E-state index in [0.29, 0.717) is 25.0 Å². The number of hydrogen-bond acceptors (Lipinski definition) is 4. The van der Waals surface area contributed by atoms with Crippen molar-refractivity contribution in [2.45, 2.75) is 45.8 Å². The number of carbonyl (C=O) groups excluding carboxylic acids is 1. The molecule has 2 N–H and O–H groups in total. The Balaban J connectivity index is 1.54. The molecular weight excluding hydrogens is 334 g/mol. The third kappa shape index (κ3) is 4.25. The van der Waals surface area contributed by atoms with Crippen LogP contribution in [0.2, 0.25) is 0 Å². The molecule has 0 aliphatic heterocycles. The van der Waals surface area contributed by atoms with Gasteiger partial charge in [0.2, 0.25) is 0 Å². The van der Waals surface area contributed by atoms with Crippen LogP contribution in [0.25, 0.3) is 0 Å². The minimum Gasteiger partial charge on any atom is -0.485 e. The van der Waals surface area contributed by atoms with Gasteiger partial charge >= 0.3 is 5.97 Å². The summed E-state index contributed by atoms with van der Waals surface area (Å²) in [6.07, 6.45) is 1.73. The van der Waals surface area contributed by atoms with E-state index in [1.807, 2.05) is 32.0 Å². The smallest absolute Gasteiger partial charge is 0.306 e. The number of hydrogen-bond donors (Lipinski definition) is 2. The lowest BCUT2D eigenvalue weighted by Crippen LogP contribution is -2.33. The van der Waals surface area contributed by atoms with Crippen molar-refractivity contribution in [2.24, 2.45) is 5.92 Å². The monoisotopic (exact) mass is 357 g/mol. The average Bonchev–Trinajstić information content (AvgIpc) is 3.23. The van der Waals surface area contributed by atoms with Gasteiger partial charge in [-0.05, 0) is 56.9 Å². The maximum atomic E-state index is 12.3. The fourth-order valence-electron chi connectivity index (χ4n) is 3.28. The molecule has 0 spiro atoms. The van der Waals surface area contributed by atoms with Crippen LogP contribution in [0, 0.1) is 19.8 Å². The maximum absolute atomic E-state index is 12.3. The number of amides is 1. The molecule has 0 radical (unpaired) electrons. The van der Waals surface area contributed by atoms with Crippen LogP contribution in [0.5, 0.6) is 5.75 Å². The van der Waals surface area contributed by atoms with E-state index in [1.54, 1.807) is 12.1 Å². The molecule has 1 heterocycles. The summed E-state index contributed by atoms with van der Waals surface area (Å²) < 4.78 is 11.3. The van der Waals surface area contributed by atoms with Gasteiger partial charge in [0.1, 0.15) is 18.1 Å². The molecule has 1 saturated carbocycles. The molecule has 1 aliphatic carbocycles. The highest BCUT2D eigenvalue weighted by Crippen LogP contribution is 2.26. The fourth-order valence-corrected chi connectivity index (χ4v) is 3.28. The quantitative estimate of drug-likeness (QED) is 0.826. The maximum Gasteiger partial charge on any atom is 0.306 e. The zero-order valence-electron chi connectivity index (χ0n) is 15.0. The van der Waals surface area contributed by atoms with E-state index >= 15 is 0 Å². The van der Waals surface area contributed by atoms with Crippen LogP contribution >= 0.6 is 0 Å². The molecule has 0 saturated heterocycles. The third-order valence-corrected chi connectivity index (χ3v) is 4.70. The molecule has 6 nitrogen and oxygen atoms in total. The van der Waals surface area contributed by atoms with E-state index < -0.39 is 5.97 Å². The van der Waals surface area contributed by atoms with Gasteiger partial charge in [0.05, 0.1) is 5.92 Å². The molecule has 0 unspecified atom stereocenters.